The minimum Gasteiger partial charge on any atom is -0.371 e. The van der Waals surface area contributed by atoms with Gasteiger partial charge in [-0.25, -0.2) is 9.18 Å². The van der Waals surface area contributed by atoms with Gasteiger partial charge in [-0.1, -0.05) is 30.3 Å². The molecule has 1 saturated heterocycles. The third-order valence-corrected chi connectivity index (χ3v) is 5.20. The number of benzene rings is 2. The maximum atomic E-state index is 13.1. The van der Waals surface area contributed by atoms with Gasteiger partial charge in [0.2, 0.25) is 0 Å². The number of urea groups is 1. The number of nitrogens with zero attached hydrogens (tertiary/aromatic N) is 2. The van der Waals surface area contributed by atoms with Crippen LogP contribution in [0.4, 0.5) is 14.9 Å². The molecular formula is C21H26FN3O. The van der Waals surface area contributed by atoms with Crippen LogP contribution in [-0.2, 0) is 0 Å². The monoisotopic (exact) mass is 355 g/mol. The summed E-state index contributed by atoms with van der Waals surface area (Å²) >= 11 is 0. The van der Waals surface area contributed by atoms with E-state index >= 15 is 0 Å². The molecule has 0 saturated carbocycles. The van der Waals surface area contributed by atoms with E-state index < -0.39 is 0 Å². The first-order valence-electron chi connectivity index (χ1n) is 9.13. The van der Waals surface area contributed by atoms with Crippen molar-refractivity contribution in [3.63, 3.8) is 0 Å². The van der Waals surface area contributed by atoms with Gasteiger partial charge in [-0.2, -0.15) is 0 Å². The Balaban J connectivity index is 1.51. The smallest absolute Gasteiger partial charge is 0.317 e. The lowest BCUT2D eigenvalue weighted by Gasteiger charge is -2.35. The zero-order valence-corrected chi connectivity index (χ0v) is 15.4. The summed E-state index contributed by atoms with van der Waals surface area (Å²) in [7, 11) is 1.78. The number of nitrogens with one attached hydrogen (secondary N) is 1. The minimum atomic E-state index is -0.266. The highest BCUT2D eigenvalue weighted by molar-refractivity contribution is 5.74. The summed E-state index contributed by atoms with van der Waals surface area (Å²) in [5, 5.41) is 3.14. The van der Waals surface area contributed by atoms with Gasteiger partial charge in [-0.15, -0.1) is 0 Å². The summed E-state index contributed by atoms with van der Waals surface area (Å²) in [6, 6.07) is 16.7. The van der Waals surface area contributed by atoms with Crippen LogP contribution in [0.15, 0.2) is 54.6 Å². The highest BCUT2D eigenvalue weighted by atomic mass is 19.1. The van der Waals surface area contributed by atoms with Crippen LogP contribution in [0.2, 0.25) is 0 Å². The maximum absolute atomic E-state index is 13.1. The number of piperidine rings is 1. The molecule has 1 fully saturated rings. The molecule has 1 N–H and O–H groups in total. The van der Waals surface area contributed by atoms with Crippen LogP contribution < -0.4 is 10.2 Å². The quantitative estimate of drug-likeness (QED) is 0.892. The van der Waals surface area contributed by atoms with Gasteiger partial charge in [-0.05, 0) is 49.6 Å². The summed E-state index contributed by atoms with van der Waals surface area (Å²) in [6.45, 7) is 3.82. The number of anilines is 1. The minimum absolute atomic E-state index is 0.0833. The Hall–Kier alpha value is -2.56. The van der Waals surface area contributed by atoms with Gasteiger partial charge in [-0.3, -0.25) is 0 Å². The maximum Gasteiger partial charge on any atom is 0.317 e. The zero-order valence-electron chi connectivity index (χ0n) is 15.4. The lowest BCUT2D eigenvalue weighted by Crippen LogP contribution is -2.48. The molecule has 0 bridgehead atoms. The van der Waals surface area contributed by atoms with E-state index in [0.717, 1.165) is 31.5 Å². The van der Waals surface area contributed by atoms with Crippen molar-refractivity contribution in [3.05, 3.63) is 66.0 Å². The molecule has 1 atom stereocenters. The third kappa shape index (κ3) is 4.34. The van der Waals surface area contributed by atoms with Gasteiger partial charge in [0, 0.05) is 31.9 Å². The highest BCUT2D eigenvalue weighted by Crippen LogP contribution is 2.21. The molecule has 1 heterocycles. The first kappa shape index (κ1) is 18.2. The second-order valence-electron chi connectivity index (χ2n) is 6.88. The first-order valence-corrected chi connectivity index (χ1v) is 9.13. The molecule has 26 heavy (non-hydrogen) atoms. The highest BCUT2D eigenvalue weighted by Gasteiger charge is 2.24. The van der Waals surface area contributed by atoms with Crippen LogP contribution in [0, 0.1) is 5.82 Å². The van der Waals surface area contributed by atoms with Crippen LogP contribution in [0.5, 0.6) is 0 Å². The largest absolute Gasteiger partial charge is 0.371 e. The van der Waals surface area contributed by atoms with E-state index in [1.54, 1.807) is 24.1 Å². The van der Waals surface area contributed by atoms with Crippen LogP contribution in [0.25, 0.3) is 0 Å². The molecule has 4 nitrogen and oxygen atoms in total. The Bertz CT molecular complexity index is 712. The van der Waals surface area contributed by atoms with E-state index in [2.05, 4.69) is 34.5 Å². The number of halogens is 1. The molecule has 0 aliphatic carbocycles. The standard InChI is InChI=1S/C21H26FN3O/c1-16(17-8-10-18(22)11-9-17)24(2)21(26)23-19-12-14-25(15-13-19)20-6-4-3-5-7-20/h3-11,16,19H,12-15H2,1-2H3,(H,23,26). The van der Waals surface area contributed by atoms with Gasteiger partial charge in [0.05, 0.1) is 6.04 Å². The summed E-state index contributed by atoms with van der Waals surface area (Å²) in [4.78, 5) is 16.6. The van der Waals surface area contributed by atoms with Crippen LogP contribution in [-0.4, -0.2) is 37.1 Å². The second kappa shape index (κ2) is 8.21. The normalized spacial score (nSPS) is 16.2. The van der Waals surface area contributed by atoms with Crippen molar-refractivity contribution in [1.29, 1.82) is 0 Å². The van der Waals surface area contributed by atoms with Crippen LogP contribution in [0.1, 0.15) is 31.4 Å². The van der Waals surface area contributed by atoms with E-state index in [9.17, 15) is 9.18 Å². The van der Waals surface area contributed by atoms with Crippen molar-refractivity contribution in [2.75, 3.05) is 25.0 Å². The second-order valence-corrected chi connectivity index (χ2v) is 6.88. The Kier molecular flexibility index (Phi) is 5.76. The Morgan fingerprint density at radius 3 is 2.35 bits per heavy atom. The van der Waals surface area contributed by atoms with Gasteiger partial charge in [0.15, 0.2) is 0 Å². The number of para-hydroxylation sites is 1. The molecule has 5 heteroatoms. The van der Waals surface area contributed by atoms with Gasteiger partial charge in [0.25, 0.3) is 0 Å². The lowest BCUT2D eigenvalue weighted by molar-refractivity contribution is 0.188. The Morgan fingerprint density at radius 1 is 1.12 bits per heavy atom. The van der Waals surface area contributed by atoms with Crippen molar-refractivity contribution < 1.29 is 9.18 Å². The van der Waals surface area contributed by atoms with E-state index in [0.29, 0.717) is 0 Å². The number of carbonyl (C=O) groups excluding carboxylic acids is 1. The predicted octanol–water partition coefficient (Wildman–Crippen LogP) is 4.20. The molecule has 0 radical (unpaired) electrons. The molecule has 2 amide bonds. The summed E-state index contributed by atoms with van der Waals surface area (Å²) in [5.74, 6) is -0.266. The van der Waals surface area contributed by atoms with Crippen molar-refractivity contribution >= 4 is 11.7 Å². The SMILES string of the molecule is CC(c1ccc(F)cc1)N(C)C(=O)NC1CCN(c2ccccc2)CC1. The average molecular weight is 355 g/mol. The van der Waals surface area contributed by atoms with E-state index in [1.807, 2.05) is 13.0 Å². The molecule has 3 rings (SSSR count). The Morgan fingerprint density at radius 2 is 1.73 bits per heavy atom. The molecule has 2 aromatic carbocycles. The lowest BCUT2D eigenvalue weighted by atomic mass is 10.0. The number of carbonyl (C=O) groups is 1. The Labute approximate surface area is 154 Å². The summed E-state index contributed by atoms with van der Waals surface area (Å²) in [5.41, 5.74) is 2.15. The van der Waals surface area contributed by atoms with Crippen LogP contribution >= 0.6 is 0 Å². The fourth-order valence-electron chi connectivity index (χ4n) is 3.34. The fraction of sp³-hybridized carbons (Fsp3) is 0.381. The topological polar surface area (TPSA) is 35.6 Å². The number of rotatable bonds is 4. The fourth-order valence-corrected chi connectivity index (χ4v) is 3.34. The molecule has 1 aliphatic rings. The number of hydrogen-bond donors (Lipinski definition) is 1. The molecule has 1 aliphatic heterocycles. The molecular weight excluding hydrogens is 329 g/mol. The molecule has 138 valence electrons. The van der Waals surface area contributed by atoms with Gasteiger partial charge in [0.1, 0.15) is 5.82 Å². The molecule has 0 spiro atoms. The van der Waals surface area contributed by atoms with E-state index in [-0.39, 0.29) is 23.9 Å². The predicted molar refractivity (Wildman–Crippen MR) is 103 cm³/mol. The molecule has 0 aromatic heterocycles. The van der Waals surface area contributed by atoms with Crippen LogP contribution in [0.3, 0.4) is 0 Å². The molecule has 1 unspecified atom stereocenters. The van der Waals surface area contributed by atoms with Crippen molar-refractivity contribution in [1.82, 2.24) is 10.2 Å². The average Bonchev–Trinajstić information content (AvgIpc) is 2.68. The van der Waals surface area contributed by atoms with E-state index in [4.69, 9.17) is 0 Å². The summed E-state index contributed by atoms with van der Waals surface area (Å²) < 4.78 is 13.1. The number of amides is 2. The van der Waals surface area contributed by atoms with E-state index in [1.165, 1.54) is 17.8 Å². The molecule has 2 aromatic rings. The van der Waals surface area contributed by atoms with Gasteiger partial charge < -0.3 is 15.1 Å². The third-order valence-electron chi connectivity index (χ3n) is 5.20. The van der Waals surface area contributed by atoms with Crippen molar-refractivity contribution in [3.8, 4) is 0 Å². The van der Waals surface area contributed by atoms with Crippen molar-refractivity contribution in [2.24, 2.45) is 0 Å². The summed E-state index contributed by atoms with van der Waals surface area (Å²) in [6.07, 6.45) is 1.86. The van der Waals surface area contributed by atoms with Gasteiger partial charge >= 0.3 is 6.03 Å². The van der Waals surface area contributed by atoms with Crippen molar-refractivity contribution in [2.45, 2.75) is 31.8 Å². The number of hydrogen-bond acceptors (Lipinski definition) is 2. The first-order chi connectivity index (χ1) is 12.5. The zero-order chi connectivity index (χ0) is 18.5.